The second-order valence-electron chi connectivity index (χ2n) is 6.33. The fourth-order valence-corrected chi connectivity index (χ4v) is 4.12. The summed E-state index contributed by atoms with van der Waals surface area (Å²) in [5.41, 5.74) is 5.20. The molecule has 4 rings (SSSR count). The molecule has 1 amide bonds. The van der Waals surface area contributed by atoms with Gasteiger partial charge in [0.05, 0.1) is 0 Å². The molecule has 0 radical (unpaired) electrons. The van der Waals surface area contributed by atoms with Crippen LogP contribution < -0.4 is 0 Å². The Morgan fingerprint density at radius 3 is 2.69 bits per heavy atom. The van der Waals surface area contributed by atoms with Crippen LogP contribution in [0.1, 0.15) is 21.5 Å². The first-order valence-electron chi connectivity index (χ1n) is 8.43. The largest absolute Gasteiger partial charge is 0.456 e. The molecule has 2 aliphatic rings. The van der Waals surface area contributed by atoms with Gasteiger partial charge in [-0.05, 0) is 34.7 Å². The Morgan fingerprint density at radius 1 is 1.08 bits per heavy atom. The summed E-state index contributed by atoms with van der Waals surface area (Å²) in [5, 5.41) is -0.120. The summed E-state index contributed by atoms with van der Waals surface area (Å²) in [6, 6.07) is 13.8. The number of fused-ring (bicyclic) bond motifs is 3. The number of carbonyl (C=O) groups excluding carboxylic acids is 3. The molecule has 1 aliphatic carbocycles. The summed E-state index contributed by atoms with van der Waals surface area (Å²) in [6.07, 6.45) is 0.872. The number of carbonyl (C=O) groups is 3. The first kappa shape index (κ1) is 16.8. The van der Waals surface area contributed by atoms with E-state index in [1.807, 2.05) is 24.3 Å². The highest BCUT2D eigenvalue weighted by Crippen LogP contribution is 2.36. The molecule has 0 spiro atoms. The van der Waals surface area contributed by atoms with E-state index in [4.69, 9.17) is 4.74 Å². The van der Waals surface area contributed by atoms with Gasteiger partial charge in [0.15, 0.2) is 12.4 Å². The first-order valence-corrected chi connectivity index (χ1v) is 9.42. The predicted molar refractivity (Wildman–Crippen MR) is 99.4 cm³/mol. The van der Waals surface area contributed by atoms with Gasteiger partial charge in [0.1, 0.15) is 6.54 Å². The summed E-state index contributed by atoms with van der Waals surface area (Å²) in [7, 11) is 0. The van der Waals surface area contributed by atoms with Crippen molar-refractivity contribution in [3.63, 3.8) is 0 Å². The predicted octanol–water partition coefficient (Wildman–Crippen LogP) is 3.15. The lowest BCUT2D eigenvalue weighted by Gasteiger charge is -2.13. The molecule has 0 unspecified atom stereocenters. The summed E-state index contributed by atoms with van der Waals surface area (Å²) in [6.45, 7) is 0.127. The van der Waals surface area contributed by atoms with Gasteiger partial charge in [-0.2, -0.15) is 0 Å². The van der Waals surface area contributed by atoms with Gasteiger partial charge in [0.2, 0.25) is 0 Å². The van der Waals surface area contributed by atoms with Crippen molar-refractivity contribution in [2.45, 2.75) is 6.42 Å². The van der Waals surface area contributed by atoms with Gasteiger partial charge in [-0.15, -0.1) is 0 Å². The highest BCUT2D eigenvalue weighted by molar-refractivity contribution is 8.13. The summed E-state index contributed by atoms with van der Waals surface area (Å²) >= 11 is 1.19. The Morgan fingerprint density at radius 2 is 1.88 bits per heavy atom. The van der Waals surface area contributed by atoms with Crippen LogP contribution in [0.5, 0.6) is 0 Å². The van der Waals surface area contributed by atoms with E-state index in [1.165, 1.54) is 27.8 Å². The lowest BCUT2D eigenvalue weighted by Crippen LogP contribution is -2.31. The van der Waals surface area contributed by atoms with Crippen molar-refractivity contribution in [2.24, 2.45) is 0 Å². The van der Waals surface area contributed by atoms with Crippen molar-refractivity contribution in [1.82, 2.24) is 4.90 Å². The molecule has 0 aromatic heterocycles. The molecule has 1 aliphatic heterocycles. The highest BCUT2D eigenvalue weighted by Gasteiger charge is 2.24. The molecule has 2 aromatic carbocycles. The third-order valence-electron chi connectivity index (χ3n) is 4.65. The van der Waals surface area contributed by atoms with Gasteiger partial charge < -0.3 is 9.64 Å². The van der Waals surface area contributed by atoms with Gasteiger partial charge in [0, 0.05) is 17.9 Å². The molecule has 132 valence electrons. The third-order valence-corrected chi connectivity index (χ3v) is 5.54. The number of hydrogen-bond acceptors (Lipinski definition) is 5. The van der Waals surface area contributed by atoms with E-state index in [2.05, 4.69) is 12.1 Å². The average Bonchev–Trinajstić information content (AvgIpc) is 3.22. The second-order valence-corrected chi connectivity index (χ2v) is 7.37. The molecule has 5 nitrogen and oxygen atoms in total. The van der Waals surface area contributed by atoms with E-state index in [0.717, 1.165) is 17.5 Å². The Kier molecular flexibility index (Phi) is 4.51. The van der Waals surface area contributed by atoms with Crippen LogP contribution in [-0.4, -0.2) is 47.3 Å². The maximum Gasteiger partial charge on any atom is 0.326 e. The zero-order valence-corrected chi connectivity index (χ0v) is 14.9. The zero-order valence-electron chi connectivity index (χ0n) is 14.1. The summed E-state index contributed by atoms with van der Waals surface area (Å²) in [4.78, 5) is 37.2. The maximum absolute atomic E-state index is 12.4. The monoisotopic (exact) mass is 367 g/mol. The van der Waals surface area contributed by atoms with E-state index in [0.29, 0.717) is 17.9 Å². The van der Waals surface area contributed by atoms with Crippen LogP contribution in [0.25, 0.3) is 11.1 Å². The minimum atomic E-state index is -0.555. The number of amides is 1. The number of Topliss-reactive ketones (excluding diaryl/α,β-unsaturated/α-hetero) is 1. The topological polar surface area (TPSA) is 63.7 Å². The van der Waals surface area contributed by atoms with Crippen LogP contribution in [0.4, 0.5) is 4.79 Å². The molecule has 2 aromatic rings. The summed E-state index contributed by atoms with van der Waals surface area (Å²) in [5.74, 6) is -0.116. The third kappa shape index (κ3) is 3.24. The second kappa shape index (κ2) is 6.96. The van der Waals surface area contributed by atoms with E-state index in [1.54, 1.807) is 6.07 Å². The number of benzene rings is 2. The van der Waals surface area contributed by atoms with Crippen LogP contribution >= 0.6 is 11.8 Å². The van der Waals surface area contributed by atoms with Crippen molar-refractivity contribution >= 4 is 28.8 Å². The van der Waals surface area contributed by atoms with Crippen molar-refractivity contribution in [2.75, 3.05) is 25.4 Å². The standard InChI is InChI=1S/C20H17NO4S/c22-18(12-25-19(23)11-21-7-8-26-20(21)24)15-6-5-14-9-13-3-1-2-4-16(13)17(14)10-15/h1-6,10H,7-9,11-12H2. The Bertz CT molecular complexity index is 908. The summed E-state index contributed by atoms with van der Waals surface area (Å²) < 4.78 is 5.07. The van der Waals surface area contributed by atoms with E-state index in [-0.39, 0.29) is 24.2 Å². The number of hydrogen-bond donors (Lipinski definition) is 0. The van der Waals surface area contributed by atoms with Crippen LogP contribution in [0.3, 0.4) is 0 Å². The quantitative estimate of drug-likeness (QED) is 0.512. The maximum atomic E-state index is 12.4. The molecule has 1 saturated heterocycles. The molecule has 1 fully saturated rings. The van der Waals surface area contributed by atoms with Gasteiger partial charge in [0.25, 0.3) is 5.24 Å². The molecule has 26 heavy (non-hydrogen) atoms. The van der Waals surface area contributed by atoms with E-state index < -0.39 is 5.97 Å². The van der Waals surface area contributed by atoms with Gasteiger partial charge >= 0.3 is 5.97 Å². The molecule has 1 heterocycles. The van der Waals surface area contributed by atoms with Crippen LogP contribution in [0.15, 0.2) is 42.5 Å². The molecule has 0 atom stereocenters. The fourth-order valence-electron chi connectivity index (χ4n) is 3.30. The van der Waals surface area contributed by atoms with E-state index in [9.17, 15) is 14.4 Å². The molecular weight excluding hydrogens is 350 g/mol. The minimum absolute atomic E-state index is 0.101. The lowest BCUT2D eigenvalue weighted by atomic mass is 10.0. The lowest BCUT2D eigenvalue weighted by molar-refractivity contribution is -0.142. The number of ether oxygens (including phenoxy) is 1. The number of ketones is 1. The Balaban J connectivity index is 1.40. The SMILES string of the molecule is O=C(CN1CCSC1=O)OCC(=O)c1ccc2c(c1)-c1ccccc1C2. The number of rotatable bonds is 5. The first-order chi connectivity index (χ1) is 12.6. The van der Waals surface area contributed by atoms with Gasteiger partial charge in [-0.25, -0.2) is 0 Å². The van der Waals surface area contributed by atoms with Crippen LogP contribution in [0.2, 0.25) is 0 Å². The molecule has 0 N–H and O–H groups in total. The molecule has 6 heteroatoms. The number of thioether (sulfide) groups is 1. The van der Waals surface area contributed by atoms with Crippen LogP contribution in [0, 0.1) is 0 Å². The van der Waals surface area contributed by atoms with Crippen molar-refractivity contribution in [1.29, 1.82) is 0 Å². The van der Waals surface area contributed by atoms with Crippen LogP contribution in [-0.2, 0) is 16.0 Å². The van der Waals surface area contributed by atoms with Crippen molar-refractivity contribution in [3.8, 4) is 11.1 Å². The van der Waals surface area contributed by atoms with E-state index >= 15 is 0 Å². The Labute approximate surface area is 155 Å². The smallest absolute Gasteiger partial charge is 0.326 e. The zero-order chi connectivity index (χ0) is 18.1. The Hall–Kier alpha value is -2.60. The van der Waals surface area contributed by atoms with Crippen molar-refractivity contribution < 1.29 is 19.1 Å². The molecule has 0 saturated carbocycles. The van der Waals surface area contributed by atoms with Crippen molar-refractivity contribution in [3.05, 3.63) is 59.2 Å². The molecule has 0 bridgehead atoms. The average molecular weight is 367 g/mol. The minimum Gasteiger partial charge on any atom is -0.456 e. The number of esters is 1. The number of nitrogens with zero attached hydrogens (tertiary/aromatic N) is 1. The fraction of sp³-hybridized carbons (Fsp3) is 0.250. The normalized spacial score (nSPS) is 14.9. The molecular formula is C20H17NO4S. The van der Waals surface area contributed by atoms with Gasteiger partial charge in [-0.3, -0.25) is 14.4 Å². The van der Waals surface area contributed by atoms with Gasteiger partial charge in [-0.1, -0.05) is 48.2 Å². The highest BCUT2D eigenvalue weighted by atomic mass is 32.2.